The Morgan fingerprint density at radius 2 is 2.23 bits per heavy atom. The lowest BCUT2D eigenvalue weighted by molar-refractivity contribution is 1.11. The van der Waals surface area contributed by atoms with Crippen LogP contribution in [0.1, 0.15) is 5.56 Å². The summed E-state index contributed by atoms with van der Waals surface area (Å²) in [6.45, 7) is 1.00. The molecule has 1 heterocycles. The lowest BCUT2D eigenvalue weighted by Gasteiger charge is -2.00. The van der Waals surface area contributed by atoms with Crippen LogP contribution < -0.4 is 16.8 Å². The SMILES string of the molecule is NC(N)=Nc1ccc2c(c1)CCN2. The molecule has 0 radical (unpaired) electrons. The summed E-state index contributed by atoms with van der Waals surface area (Å²) in [6.07, 6.45) is 1.04. The van der Waals surface area contributed by atoms with Crippen molar-refractivity contribution in [3.05, 3.63) is 23.8 Å². The molecular weight excluding hydrogens is 164 g/mol. The number of hydrogen-bond donors (Lipinski definition) is 3. The third-order valence-corrected chi connectivity index (χ3v) is 2.06. The Kier molecular flexibility index (Phi) is 1.81. The Bertz CT molecular complexity index is 353. The quantitative estimate of drug-likeness (QED) is 0.432. The summed E-state index contributed by atoms with van der Waals surface area (Å²) < 4.78 is 0. The van der Waals surface area contributed by atoms with Gasteiger partial charge in [0, 0.05) is 12.2 Å². The normalized spacial score (nSPS) is 13.2. The van der Waals surface area contributed by atoms with Gasteiger partial charge < -0.3 is 16.8 Å². The van der Waals surface area contributed by atoms with Crippen LogP contribution >= 0.6 is 0 Å². The van der Waals surface area contributed by atoms with Gasteiger partial charge in [-0.15, -0.1) is 0 Å². The molecule has 2 rings (SSSR count). The maximum absolute atomic E-state index is 5.28. The molecule has 0 spiro atoms. The molecule has 1 aliphatic rings. The maximum Gasteiger partial charge on any atom is 0.191 e. The van der Waals surface area contributed by atoms with Crippen molar-refractivity contribution in [3.63, 3.8) is 0 Å². The molecular formula is C9H12N4. The highest BCUT2D eigenvalue weighted by Gasteiger charge is 2.09. The van der Waals surface area contributed by atoms with Crippen molar-refractivity contribution in [1.29, 1.82) is 0 Å². The van der Waals surface area contributed by atoms with Crippen LogP contribution in [0.3, 0.4) is 0 Å². The van der Waals surface area contributed by atoms with E-state index in [1.165, 1.54) is 11.3 Å². The van der Waals surface area contributed by atoms with Gasteiger partial charge in [0.25, 0.3) is 0 Å². The second-order valence-corrected chi connectivity index (χ2v) is 3.05. The van der Waals surface area contributed by atoms with E-state index in [-0.39, 0.29) is 5.96 Å². The van der Waals surface area contributed by atoms with E-state index in [9.17, 15) is 0 Å². The molecule has 0 atom stereocenters. The first-order valence-electron chi connectivity index (χ1n) is 4.22. The fourth-order valence-corrected chi connectivity index (χ4v) is 1.51. The minimum atomic E-state index is 0.103. The Balaban J connectivity index is 2.36. The molecule has 1 aliphatic heterocycles. The average molecular weight is 176 g/mol. The molecule has 68 valence electrons. The lowest BCUT2D eigenvalue weighted by atomic mass is 10.1. The Labute approximate surface area is 76.6 Å². The second-order valence-electron chi connectivity index (χ2n) is 3.05. The molecule has 13 heavy (non-hydrogen) atoms. The van der Waals surface area contributed by atoms with Gasteiger partial charge in [-0.1, -0.05) is 0 Å². The van der Waals surface area contributed by atoms with Crippen LogP contribution in [0.2, 0.25) is 0 Å². The number of nitrogens with two attached hydrogens (primary N) is 2. The van der Waals surface area contributed by atoms with Gasteiger partial charge in [-0.25, -0.2) is 4.99 Å². The molecule has 4 heteroatoms. The van der Waals surface area contributed by atoms with E-state index >= 15 is 0 Å². The number of nitrogens with zero attached hydrogens (tertiary/aromatic N) is 1. The highest BCUT2D eigenvalue weighted by Crippen LogP contribution is 2.26. The molecule has 0 amide bonds. The van der Waals surface area contributed by atoms with Gasteiger partial charge in [0.05, 0.1) is 5.69 Å². The van der Waals surface area contributed by atoms with E-state index in [1.54, 1.807) is 0 Å². The van der Waals surface area contributed by atoms with E-state index in [4.69, 9.17) is 11.5 Å². The van der Waals surface area contributed by atoms with Gasteiger partial charge in [-0.2, -0.15) is 0 Å². The lowest BCUT2D eigenvalue weighted by Crippen LogP contribution is -2.21. The summed E-state index contributed by atoms with van der Waals surface area (Å²) in [7, 11) is 0. The van der Waals surface area contributed by atoms with Gasteiger partial charge in [0.15, 0.2) is 5.96 Å². The Morgan fingerprint density at radius 1 is 1.38 bits per heavy atom. The molecule has 0 aromatic heterocycles. The van der Waals surface area contributed by atoms with E-state index in [0.717, 1.165) is 18.7 Å². The molecule has 0 saturated heterocycles. The van der Waals surface area contributed by atoms with Crippen LogP contribution in [0.25, 0.3) is 0 Å². The zero-order chi connectivity index (χ0) is 9.26. The van der Waals surface area contributed by atoms with Crippen LogP contribution in [0, 0.1) is 0 Å². The first kappa shape index (κ1) is 7.91. The Morgan fingerprint density at radius 3 is 3.00 bits per heavy atom. The fourth-order valence-electron chi connectivity index (χ4n) is 1.51. The molecule has 5 N–H and O–H groups in total. The van der Waals surface area contributed by atoms with Crippen molar-refractivity contribution in [2.75, 3.05) is 11.9 Å². The molecule has 0 aliphatic carbocycles. The van der Waals surface area contributed by atoms with Crippen LogP contribution in [-0.4, -0.2) is 12.5 Å². The molecule has 0 fully saturated rings. The third-order valence-electron chi connectivity index (χ3n) is 2.06. The highest BCUT2D eigenvalue weighted by molar-refractivity contribution is 5.79. The first-order valence-corrected chi connectivity index (χ1v) is 4.22. The fraction of sp³-hybridized carbons (Fsp3) is 0.222. The predicted octanol–water partition coefficient (Wildman–Crippen LogP) is 0.559. The number of hydrogen-bond acceptors (Lipinski definition) is 2. The smallest absolute Gasteiger partial charge is 0.191 e. The number of benzene rings is 1. The van der Waals surface area contributed by atoms with Gasteiger partial charge >= 0.3 is 0 Å². The number of fused-ring (bicyclic) bond motifs is 1. The standard InChI is InChI=1S/C9H12N4/c10-9(11)13-7-1-2-8-6(5-7)3-4-12-8/h1-2,5,12H,3-4H2,(H4,10,11,13). The van der Waals surface area contributed by atoms with E-state index in [0.29, 0.717) is 0 Å². The minimum absolute atomic E-state index is 0.103. The predicted molar refractivity (Wildman–Crippen MR) is 54.1 cm³/mol. The monoisotopic (exact) mass is 176 g/mol. The molecule has 4 nitrogen and oxygen atoms in total. The van der Waals surface area contributed by atoms with Crippen molar-refractivity contribution in [2.24, 2.45) is 16.5 Å². The van der Waals surface area contributed by atoms with E-state index in [1.807, 2.05) is 18.2 Å². The van der Waals surface area contributed by atoms with Gasteiger partial charge in [0.1, 0.15) is 0 Å². The number of guanidine groups is 1. The number of nitrogens with one attached hydrogen (secondary N) is 1. The van der Waals surface area contributed by atoms with Gasteiger partial charge in [-0.05, 0) is 30.2 Å². The van der Waals surface area contributed by atoms with Crippen molar-refractivity contribution in [3.8, 4) is 0 Å². The van der Waals surface area contributed by atoms with E-state index < -0.39 is 0 Å². The summed E-state index contributed by atoms with van der Waals surface area (Å²) >= 11 is 0. The highest BCUT2D eigenvalue weighted by atomic mass is 15.0. The van der Waals surface area contributed by atoms with Gasteiger partial charge in [-0.3, -0.25) is 0 Å². The average Bonchev–Trinajstić information content (AvgIpc) is 2.49. The van der Waals surface area contributed by atoms with Crippen molar-refractivity contribution < 1.29 is 0 Å². The minimum Gasteiger partial charge on any atom is -0.384 e. The zero-order valence-electron chi connectivity index (χ0n) is 7.25. The van der Waals surface area contributed by atoms with Crippen molar-refractivity contribution in [1.82, 2.24) is 0 Å². The molecule has 0 unspecified atom stereocenters. The summed E-state index contributed by atoms with van der Waals surface area (Å²) in [5.74, 6) is 0.103. The largest absolute Gasteiger partial charge is 0.384 e. The molecule has 0 saturated carbocycles. The molecule has 1 aromatic carbocycles. The number of anilines is 1. The summed E-state index contributed by atoms with van der Waals surface area (Å²) in [4.78, 5) is 3.98. The zero-order valence-corrected chi connectivity index (χ0v) is 7.25. The summed E-state index contributed by atoms with van der Waals surface area (Å²) in [5, 5.41) is 3.27. The van der Waals surface area contributed by atoms with Gasteiger partial charge in [0.2, 0.25) is 0 Å². The summed E-state index contributed by atoms with van der Waals surface area (Å²) in [6, 6.07) is 5.91. The Hall–Kier alpha value is -1.71. The molecule has 1 aromatic rings. The second kappa shape index (κ2) is 2.97. The van der Waals surface area contributed by atoms with Crippen LogP contribution in [0.5, 0.6) is 0 Å². The van der Waals surface area contributed by atoms with Crippen molar-refractivity contribution in [2.45, 2.75) is 6.42 Å². The van der Waals surface area contributed by atoms with Crippen LogP contribution in [-0.2, 0) is 6.42 Å². The van der Waals surface area contributed by atoms with E-state index in [2.05, 4.69) is 10.3 Å². The third kappa shape index (κ3) is 1.56. The molecule has 0 bridgehead atoms. The van der Waals surface area contributed by atoms with Crippen LogP contribution in [0.4, 0.5) is 11.4 Å². The maximum atomic E-state index is 5.28. The van der Waals surface area contributed by atoms with Crippen molar-refractivity contribution >= 4 is 17.3 Å². The summed E-state index contributed by atoms with van der Waals surface area (Å²) in [5.41, 5.74) is 13.9. The first-order chi connectivity index (χ1) is 6.25. The topological polar surface area (TPSA) is 76.4 Å². The number of rotatable bonds is 1. The number of aliphatic imine (C=N–C) groups is 1. The van der Waals surface area contributed by atoms with Crippen LogP contribution in [0.15, 0.2) is 23.2 Å².